The predicted molar refractivity (Wildman–Crippen MR) is 75.1 cm³/mol. The van der Waals surface area contributed by atoms with Crippen LogP contribution >= 0.6 is 0 Å². The molecule has 23 heavy (non-hydrogen) atoms. The lowest BCUT2D eigenvalue weighted by Gasteiger charge is -2.11. The minimum Gasteiger partial charge on any atom is -0.329 e. The smallest absolute Gasteiger partial charge is 0.329 e. The van der Waals surface area contributed by atoms with E-state index in [9.17, 15) is 14.4 Å². The van der Waals surface area contributed by atoms with Gasteiger partial charge in [-0.05, 0) is 25.0 Å². The molecule has 1 aromatic carbocycles. The molecule has 0 spiro atoms. The summed E-state index contributed by atoms with van der Waals surface area (Å²) in [4.78, 5) is 45.3. The summed E-state index contributed by atoms with van der Waals surface area (Å²) in [6.45, 7) is 0. The minimum atomic E-state index is -0.752. The van der Waals surface area contributed by atoms with Crippen LogP contribution in [0.15, 0.2) is 24.3 Å². The number of hydroxylamine groups is 2. The van der Waals surface area contributed by atoms with Crippen molar-refractivity contribution in [2.45, 2.75) is 25.2 Å². The highest BCUT2D eigenvalue weighted by molar-refractivity contribution is 6.20. The summed E-state index contributed by atoms with van der Waals surface area (Å²) in [7, 11) is 0. The molecule has 0 radical (unpaired) electrons. The van der Waals surface area contributed by atoms with Crippen molar-refractivity contribution in [3.05, 3.63) is 47.0 Å². The number of carbonyl (C=O) groups excluding carboxylic acids is 3. The number of hydrogen-bond donors (Lipinski definition) is 1. The summed E-state index contributed by atoms with van der Waals surface area (Å²) in [5, 5.41) is 7.20. The predicted octanol–water partition coefficient (Wildman–Crippen LogP) is 0.979. The van der Waals surface area contributed by atoms with Gasteiger partial charge in [-0.1, -0.05) is 17.2 Å². The van der Waals surface area contributed by atoms with Gasteiger partial charge in [0.05, 0.1) is 11.1 Å². The highest BCUT2D eigenvalue weighted by Gasteiger charge is 2.38. The van der Waals surface area contributed by atoms with Gasteiger partial charge in [-0.25, -0.2) is 9.78 Å². The zero-order valence-corrected chi connectivity index (χ0v) is 12.0. The molecule has 0 saturated heterocycles. The van der Waals surface area contributed by atoms with Gasteiger partial charge >= 0.3 is 5.97 Å². The fourth-order valence-electron chi connectivity index (χ4n) is 2.43. The Morgan fingerprint density at radius 2 is 1.87 bits per heavy atom. The van der Waals surface area contributed by atoms with E-state index in [1.54, 1.807) is 12.1 Å². The van der Waals surface area contributed by atoms with Crippen molar-refractivity contribution in [1.29, 1.82) is 0 Å². The first-order valence-corrected chi connectivity index (χ1v) is 7.23. The van der Waals surface area contributed by atoms with E-state index >= 15 is 0 Å². The first-order chi connectivity index (χ1) is 11.1. The average molecular weight is 312 g/mol. The van der Waals surface area contributed by atoms with Crippen LogP contribution in [0.5, 0.6) is 0 Å². The van der Waals surface area contributed by atoms with Crippen LogP contribution in [0, 0.1) is 0 Å². The number of H-pyrrole nitrogens is 1. The van der Waals surface area contributed by atoms with Gasteiger partial charge in [-0.3, -0.25) is 14.7 Å². The SMILES string of the molecule is O=C(Cc1nc(C2CC2)n[nH]1)ON1C(=O)c2ccccc2C1=O. The summed E-state index contributed by atoms with van der Waals surface area (Å²) in [5.41, 5.74) is 0.446. The molecule has 4 rings (SSSR count). The molecule has 1 aliphatic heterocycles. The number of benzene rings is 1. The highest BCUT2D eigenvalue weighted by Crippen LogP contribution is 2.37. The van der Waals surface area contributed by atoms with Crippen LogP contribution in [0.2, 0.25) is 0 Å². The lowest BCUT2D eigenvalue weighted by molar-refractivity contribution is -0.167. The van der Waals surface area contributed by atoms with Crippen LogP contribution in [-0.2, 0) is 16.1 Å². The van der Waals surface area contributed by atoms with Crippen LogP contribution in [0.3, 0.4) is 0 Å². The summed E-state index contributed by atoms with van der Waals surface area (Å²) >= 11 is 0. The topological polar surface area (TPSA) is 105 Å². The number of aromatic amines is 1. The van der Waals surface area contributed by atoms with Crippen LogP contribution < -0.4 is 0 Å². The van der Waals surface area contributed by atoms with E-state index in [2.05, 4.69) is 15.2 Å². The first kappa shape index (κ1) is 13.6. The molecule has 2 aromatic rings. The molecule has 2 aliphatic rings. The molecule has 1 aromatic heterocycles. The number of rotatable bonds is 4. The third kappa shape index (κ3) is 2.37. The van der Waals surface area contributed by atoms with E-state index in [1.807, 2.05) is 0 Å². The molecule has 116 valence electrons. The fourth-order valence-corrected chi connectivity index (χ4v) is 2.43. The molecule has 8 nitrogen and oxygen atoms in total. The van der Waals surface area contributed by atoms with Gasteiger partial charge in [0.15, 0.2) is 5.82 Å². The molecule has 0 atom stereocenters. The van der Waals surface area contributed by atoms with Crippen LogP contribution in [0.4, 0.5) is 0 Å². The molecular formula is C15H12N4O4. The quantitative estimate of drug-likeness (QED) is 0.844. The van der Waals surface area contributed by atoms with Crippen LogP contribution in [-0.4, -0.2) is 38.0 Å². The van der Waals surface area contributed by atoms with Crippen LogP contribution in [0.25, 0.3) is 0 Å². The third-order valence-electron chi connectivity index (χ3n) is 3.75. The van der Waals surface area contributed by atoms with E-state index < -0.39 is 17.8 Å². The molecule has 8 heteroatoms. The Labute approximate surface area is 130 Å². The lowest BCUT2D eigenvalue weighted by atomic mass is 10.1. The van der Waals surface area contributed by atoms with Gasteiger partial charge in [-0.15, -0.1) is 0 Å². The maximum atomic E-state index is 12.1. The molecule has 1 aliphatic carbocycles. The molecule has 0 unspecified atom stereocenters. The lowest BCUT2D eigenvalue weighted by Crippen LogP contribution is -2.33. The molecule has 0 bridgehead atoms. The highest BCUT2D eigenvalue weighted by atomic mass is 16.7. The van der Waals surface area contributed by atoms with Crippen molar-refractivity contribution >= 4 is 17.8 Å². The van der Waals surface area contributed by atoms with Crippen molar-refractivity contribution in [2.75, 3.05) is 0 Å². The standard InChI is InChI=1S/C15H12N4O4/c20-12(7-11-16-13(18-17-11)8-5-6-8)23-19-14(21)9-3-1-2-4-10(9)15(19)22/h1-4,8H,5-7H2,(H,16,17,18). The summed E-state index contributed by atoms with van der Waals surface area (Å²) in [6, 6.07) is 6.32. The summed E-state index contributed by atoms with van der Waals surface area (Å²) in [6.07, 6.45) is 1.92. The zero-order chi connectivity index (χ0) is 16.0. The first-order valence-electron chi connectivity index (χ1n) is 7.23. The summed E-state index contributed by atoms with van der Waals surface area (Å²) in [5.74, 6) is -0.627. The second-order valence-corrected chi connectivity index (χ2v) is 5.50. The largest absolute Gasteiger partial charge is 0.340 e. The fraction of sp³-hybridized carbons (Fsp3) is 0.267. The zero-order valence-electron chi connectivity index (χ0n) is 12.0. The van der Waals surface area contributed by atoms with E-state index in [1.165, 1.54) is 12.1 Å². The maximum Gasteiger partial charge on any atom is 0.340 e. The Morgan fingerprint density at radius 3 is 2.48 bits per heavy atom. The van der Waals surface area contributed by atoms with Gasteiger partial charge < -0.3 is 4.84 Å². The van der Waals surface area contributed by atoms with Gasteiger partial charge in [0.1, 0.15) is 12.2 Å². The normalized spacial score (nSPS) is 16.6. The molecule has 1 N–H and O–H groups in total. The van der Waals surface area contributed by atoms with Crippen molar-refractivity contribution in [3.8, 4) is 0 Å². The van der Waals surface area contributed by atoms with Crippen LogP contribution in [0.1, 0.15) is 51.1 Å². The number of nitrogens with one attached hydrogen (secondary N) is 1. The molecule has 2 heterocycles. The van der Waals surface area contributed by atoms with Gasteiger partial charge in [0.25, 0.3) is 11.8 Å². The van der Waals surface area contributed by atoms with Crippen molar-refractivity contribution in [1.82, 2.24) is 20.2 Å². The Bertz CT molecular complexity index is 789. The molecule has 1 saturated carbocycles. The molecular weight excluding hydrogens is 300 g/mol. The van der Waals surface area contributed by atoms with E-state index in [4.69, 9.17) is 4.84 Å². The van der Waals surface area contributed by atoms with Crippen molar-refractivity contribution < 1.29 is 19.2 Å². The number of carbonyl (C=O) groups is 3. The number of imide groups is 1. The van der Waals surface area contributed by atoms with Gasteiger partial charge in [0, 0.05) is 5.92 Å². The summed E-state index contributed by atoms with van der Waals surface area (Å²) < 4.78 is 0. The minimum absolute atomic E-state index is 0.187. The Balaban J connectivity index is 1.44. The number of aromatic nitrogens is 3. The number of nitrogens with zero attached hydrogens (tertiary/aromatic N) is 3. The Morgan fingerprint density at radius 1 is 1.22 bits per heavy atom. The Hall–Kier alpha value is -3.03. The van der Waals surface area contributed by atoms with Gasteiger partial charge in [-0.2, -0.15) is 5.10 Å². The van der Waals surface area contributed by atoms with Crippen molar-refractivity contribution in [3.63, 3.8) is 0 Å². The van der Waals surface area contributed by atoms with Crippen molar-refractivity contribution in [2.24, 2.45) is 0 Å². The number of hydrogen-bond acceptors (Lipinski definition) is 6. The number of fused-ring (bicyclic) bond motifs is 1. The number of amides is 2. The van der Waals surface area contributed by atoms with E-state index in [0.717, 1.165) is 12.8 Å². The van der Waals surface area contributed by atoms with E-state index in [-0.39, 0.29) is 17.5 Å². The second kappa shape index (κ2) is 5.01. The Kier molecular flexibility index (Phi) is 2.97. The monoisotopic (exact) mass is 312 g/mol. The van der Waals surface area contributed by atoms with Gasteiger partial charge in [0.2, 0.25) is 0 Å². The third-order valence-corrected chi connectivity index (χ3v) is 3.75. The average Bonchev–Trinajstić information content (AvgIpc) is 3.26. The molecule has 2 amide bonds. The van der Waals surface area contributed by atoms with E-state index in [0.29, 0.717) is 22.6 Å². The molecule has 1 fully saturated rings. The maximum absolute atomic E-state index is 12.1. The second-order valence-electron chi connectivity index (χ2n) is 5.50.